The smallest absolute Gasteiger partial charge is 0.244 e. The second kappa shape index (κ2) is 9.81. The third-order valence-electron chi connectivity index (χ3n) is 3.32. The summed E-state index contributed by atoms with van der Waals surface area (Å²) in [6, 6.07) is 13.2. The summed E-state index contributed by atoms with van der Waals surface area (Å²) < 4.78 is 0.681. The van der Waals surface area contributed by atoms with E-state index >= 15 is 0 Å². The highest BCUT2D eigenvalue weighted by Crippen LogP contribution is 2.22. The van der Waals surface area contributed by atoms with Gasteiger partial charge in [-0.2, -0.15) is 0 Å². The standard InChI is InChI=1S/C19H19ClN2O2S/c1-2-12-22(14-16-9-10-17(20)25-16)19(24)13-21-18(23)11-8-15-6-4-3-5-7-15/h2-11H,1,12-14H2,(H,21,23)/b11-8+. The van der Waals surface area contributed by atoms with E-state index in [-0.39, 0.29) is 18.4 Å². The summed E-state index contributed by atoms with van der Waals surface area (Å²) in [6.07, 6.45) is 4.78. The van der Waals surface area contributed by atoms with E-state index in [1.807, 2.05) is 36.4 Å². The fourth-order valence-corrected chi connectivity index (χ4v) is 3.21. The first-order chi connectivity index (χ1) is 12.1. The van der Waals surface area contributed by atoms with Crippen molar-refractivity contribution in [3.63, 3.8) is 0 Å². The van der Waals surface area contributed by atoms with Crippen molar-refractivity contribution in [2.75, 3.05) is 13.1 Å². The fraction of sp³-hybridized carbons (Fsp3) is 0.158. The van der Waals surface area contributed by atoms with Crippen molar-refractivity contribution in [3.05, 3.63) is 76.0 Å². The van der Waals surface area contributed by atoms with Crippen molar-refractivity contribution in [3.8, 4) is 0 Å². The quantitative estimate of drug-likeness (QED) is 0.565. The van der Waals surface area contributed by atoms with Crippen LogP contribution in [0.3, 0.4) is 0 Å². The first kappa shape index (κ1) is 19.0. The molecule has 2 aromatic rings. The lowest BCUT2D eigenvalue weighted by Crippen LogP contribution is -2.39. The largest absolute Gasteiger partial charge is 0.343 e. The molecular weight excluding hydrogens is 356 g/mol. The molecular formula is C19H19ClN2O2S. The van der Waals surface area contributed by atoms with E-state index in [1.165, 1.54) is 17.4 Å². The molecule has 0 saturated heterocycles. The number of carbonyl (C=O) groups is 2. The number of benzene rings is 1. The number of carbonyl (C=O) groups excluding carboxylic acids is 2. The van der Waals surface area contributed by atoms with Crippen LogP contribution < -0.4 is 5.32 Å². The van der Waals surface area contributed by atoms with Gasteiger partial charge in [-0.25, -0.2) is 0 Å². The van der Waals surface area contributed by atoms with E-state index < -0.39 is 0 Å². The average molecular weight is 375 g/mol. The minimum atomic E-state index is -0.310. The van der Waals surface area contributed by atoms with Gasteiger partial charge < -0.3 is 10.2 Å². The molecule has 2 amide bonds. The molecule has 0 radical (unpaired) electrons. The van der Waals surface area contributed by atoms with Crippen molar-refractivity contribution in [1.29, 1.82) is 0 Å². The lowest BCUT2D eigenvalue weighted by Gasteiger charge is -2.20. The zero-order valence-electron chi connectivity index (χ0n) is 13.7. The molecule has 0 atom stereocenters. The molecule has 130 valence electrons. The number of halogens is 1. The van der Waals surface area contributed by atoms with Gasteiger partial charge in [-0.05, 0) is 23.8 Å². The van der Waals surface area contributed by atoms with Gasteiger partial charge in [-0.3, -0.25) is 9.59 Å². The number of thiophene rings is 1. The van der Waals surface area contributed by atoms with Gasteiger partial charge in [0.05, 0.1) is 17.4 Å². The fourth-order valence-electron chi connectivity index (χ4n) is 2.10. The van der Waals surface area contributed by atoms with E-state index in [9.17, 15) is 9.59 Å². The Labute approximate surface area is 156 Å². The van der Waals surface area contributed by atoms with Crippen LogP contribution in [-0.2, 0) is 16.1 Å². The van der Waals surface area contributed by atoms with Crippen LogP contribution in [0, 0.1) is 0 Å². The highest BCUT2D eigenvalue weighted by atomic mass is 35.5. The summed E-state index contributed by atoms with van der Waals surface area (Å²) >= 11 is 7.35. The molecule has 4 nitrogen and oxygen atoms in total. The van der Waals surface area contributed by atoms with E-state index in [0.29, 0.717) is 17.4 Å². The highest BCUT2D eigenvalue weighted by molar-refractivity contribution is 7.16. The normalized spacial score (nSPS) is 10.6. The molecule has 0 aliphatic rings. The van der Waals surface area contributed by atoms with Crippen LogP contribution in [0.4, 0.5) is 0 Å². The molecule has 0 saturated carbocycles. The van der Waals surface area contributed by atoms with Gasteiger partial charge in [0.1, 0.15) is 0 Å². The Balaban J connectivity index is 1.86. The Morgan fingerprint density at radius 3 is 2.60 bits per heavy atom. The number of rotatable bonds is 8. The maximum Gasteiger partial charge on any atom is 0.244 e. The third-order valence-corrected chi connectivity index (χ3v) is 4.53. The SMILES string of the molecule is C=CCN(Cc1ccc(Cl)s1)C(=O)CNC(=O)/C=C/c1ccccc1. The van der Waals surface area contributed by atoms with Gasteiger partial charge in [0, 0.05) is 17.5 Å². The Morgan fingerprint density at radius 2 is 1.96 bits per heavy atom. The lowest BCUT2D eigenvalue weighted by atomic mass is 10.2. The van der Waals surface area contributed by atoms with E-state index in [0.717, 1.165) is 10.4 Å². The summed E-state index contributed by atoms with van der Waals surface area (Å²) in [6.45, 7) is 4.46. The predicted octanol–water partition coefficient (Wildman–Crippen LogP) is 3.75. The number of hydrogen-bond donors (Lipinski definition) is 1. The second-order valence-corrected chi connectivity index (χ2v) is 7.03. The zero-order chi connectivity index (χ0) is 18.1. The van der Waals surface area contributed by atoms with Crippen LogP contribution >= 0.6 is 22.9 Å². The second-order valence-electron chi connectivity index (χ2n) is 5.23. The minimum absolute atomic E-state index is 0.0646. The molecule has 0 aliphatic carbocycles. The molecule has 1 heterocycles. The Bertz CT molecular complexity index is 756. The topological polar surface area (TPSA) is 49.4 Å². The number of hydrogen-bond acceptors (Lipinski definition) is 3. The van der Waals surface area contributed by atoms with E-state index in [2.05, 4.69) is 11.9 Å². The molecule has 0 unspecified atom stereocenters. The summed E-state index contributed by atoms with van der Waals surface area (Å²) in [7, 11) is 0. The van der Waals surface area contributed by atoms with Crippen LogP contribution in [-0.4, -0.2) is 29.8 Å². The Kier molecular flexibility index (Phi) is 7.44. The van der Waals surface area contributed by atoms with Crippen molar-refractivity contribution < 1.29 is 9.59 Å². The predicted molar refractivity (Wildman–Crippen MR) is 103 cm³/mol. The van der Waals surface area contributed by atoms with Crippen molar-refractivity contribution in [2.45, 2.75) is 6.54 Å². The molecule has 25 heavy (non-hydrogen) atoms. The minimum Gasteiger partial charge on any atom is -0.343 e. The van der Waals surface area contributed by atoms with Crippen LogP contribution in [0.1, 0.15) is 10.4 Å². The zero-order valence-corrected chi connectivity index (χ0v) is 15.2. The molecule has 0 spiro atoms. The van der Waals surface area contributed by atoms with Gasteiger partial charge in [-0.1, -0.05) is 48.0 Å². The molecule has 0 aliphatic heterocycles. The number of amides is 2. The van der Waals surface area contributed by atoms with Gasteiger partial charge >= 0.3 is 0 Å². The molecule has 0 bridgehead atoms. The Morgan fingerprint density at radius 1 is 1.20 bits per heavy atom. The maximum absolute atomic E-state index is 12.3. The van der Waals surface area contributed by atoms with Gasteiger partial charge in [0.25, 0.3) is 0 Å². The van der Waals surface area contributed by atoms with Crippen molar-refractivity contribution >= 4 is 40.8 Å². The van der Waals surface area contributed by atoms with Crippen molar-refractivity contribution in [1.82, 2.24) is 10.2 Å². The third kappa shape index (κ3) is 6.57. The lowest BCUT2D eigenvalue weighted by molar-refractivity contribution is -0.132. The summed E-state index contributed by atoms with van der Waals surface area (Å²) in [5.74, 6) is -0.485. The van der Waals surface area contributed by atoms with Crippen LogP contribution in [0.5, 0.6) is 0 Å². The summed E-state index contributed by atoms with van der Waals surface area (Å²) in [5, 5.41) is 2.61. The van der Waals surface area contributed by atoms with E-state index in [4.69, 9.17) is 11.6 Å². The van der Waals surface area contributed by atoms with E-state index in [1.54, 1.807) is 23.1 Å². The average Bonchev–Trinajstić information content (AvgIpc) is 3.03. The number of nitrogens with one attached hydrogen (secondary N) is 1. The summed E-state index contributed by atoms with van der Waals surface area (Å²) in [4.78, 5) is 26.8. The van der Waals surface area contributed by atoms with Crippen LogP contribution in [0.2, 0.25) is 4.34 Å². The molecule has 2 rings (SSSR count). The Hall–Kier alpha value is -2.37. The first-order valence-electron chi connectivity index (χ1n) is 7.72. The molecule has 0 fully saturated rings. The maximum atomic E-state index is 12.3. The molecule has 6 heteroatoms. The van der Waals surface area contributed by atoms with Crippen LogP contribution in [0.15, 0.2) is 61.2 Å². The van der Waals surface area contributed by atoms with Gasteiger partial charge in [0.2, 0.25) is 11.8 Å². The summed E-state index contributed by atoms with van der Waals surface area (Å²) in [5.41, 5.74) is 0.923. The molecule has 1 N–H and O–H groups in total. The molecule has 1 aromatic carbocycles. The van der Waals surface area contributed by atoms with Crippen molar-refractivity contribution in [2.24, 2.45) is 0 Å². The van der Waals surface area contributed by atoms with Gasteiger partial charge in [0.15, 0.2) is 0 Å². The first-order valence-corrected chi connectivity index (χ1v) is 8.92. The monoisotopic (exact) mass is 374 g/mol. The number of nitrogens with zero attached hydrogens (tertiary/aromatic N) is 1. The van der Waals surface area contributed by atoms with Gasteiger partial charge in [-0.15, -0.1) is 17.9 Å². The van der Waals surface area contributed by atoms with Crippen LogP contribution in [0.25, 0.3) is 6.08 Å². The molecule has 1 aromatic heterocycles. The highest BCUT2D eigenvalue weighted by Gasteiger charge is 2.14.